The van der Waals surface area contributed by atoms with Gasteiger partial charge in [-0.3, -0.25) is 4.79 Å². The van der Waals surface area contributed by atoms with E-state index < -0.39 is 6.36 Å². The van der Waals surface area contributed by atoms with Gasteiger partial charge in [-0.25, -0.2) is 0 Å². The minimum atomic E-state index is -4.69. The lowest BCUT2D eigenvalue weighted by molar-refractivity contribution is -0.274. The van der Waals surface area contributed by atoms with Crippen molar-refractivity contribution in [1.29, 1.82) is 0 Å². The smallest absolute Gasteiger partial charge is 0.406 e. The third-order valence-electron chi connectivity index (χ3n) is 6.17. The van der Waals surface area contributed by atoms with E-state index in [4.69, 9.17) is 0 Å². The summed E-state index contributed by atoms with van der Waals surface area (Å²) in [4.78, 5) is 12.9. The van der Waals surface area contributed by atoms with Crippen molar-refractivity contribution >= 4 is 23.9 Å². The van der Waals surface area contributed by atoms with E-state index in [1.165, 1.54) is 43.5 Å². The second kappa shape index (κ2) is 6.95. The SMILES string of the molecule is Cl.O=C(CNc1ccc(OC(F)(F)F)cc1)C12CC3CC(CC(C3)C1)C2. The summed E-state index contributed by atoms with van der Waals surface area (Å²) in [6.45, 7) is 0.242. The van der Waals surface area contributed by atoms with E-state index >= 15 is 0 Å². The van der Waals surface area contributed by atoms with Crippen molar-refractivity contribution in [1.82, 2.24) is 0 Å². The minimum Gasteiger partial charge on any atom is -0.406 e. The molecule has 0 unspecified atom stereocenters. The van der Waals surface area contributed by atoms with E-state index in [-0.39, 0.29) is 35.9 Å². The van der Waals surface area contributed by atoms with Crippen LogP contribution in [0.5, 0.6) is 5.75 Å². The topological polar surface area (TPSA) is 38.3 Å². The Kier molecular flexibility index (Phi) is 5.17. The molecule has 0 atom stereocenters. The monoisotopic (exact) mass is 389 g/mol. The minimum absolute atomic E-state index is 0. The molecule has 0 spiro atoms. The highest BCUT2D eigenvalue weighted by molar-refractivity contribution is 5.89. The Morgan fingerprint density at radius 2 is 1.54 bits per heavy atom. The molecule has 0 heterocycles. The van der Waals surface area contributed by atoms with Crippen LogP contribution in [0.4, 0.5) is 18.9 Å². The molecule has 4 fully saturated rings. The molecule has 4 bridgehead atoms. The predicted octanol–water partition coefficient (Wildman–Crippen LogP) is 5.20. The molecule has 0 aromatic heterocycles. The zero-order valence-corrected chi connectivity index (χ0v) is 15.2. The Labute approximate surface area is 157 Å². The number of anilines is 1. The first-order valence-electron chi connectivity index (χ1n) is 8.94. The lowest BCUT2D eigenvalue weighted by Gasteiger charge is -2.56. The van der Waals surface area contributed by atoms with Gasteiger partial charge in [0.2, 0.25) is 0 Å². The molecule has 5 rings (SSSR count). The summed E-state index contributed by atoms with van der Waals surface area (Å²) < 4.78 is 40.4. The number of carbonyl (C=O) groups excluding carboxylic acids is 1. The van der Waals surface area contributed by atoms with Crippen LogP contribution in [0.2, 0.25) is 0 Å². The fourth-order valence-corrected chi connectivity index (χ4v) is 5.60. The van der Waals surface area contributed by atoms with Crippen molar-refractivity contribution in [3.05, 3.63) is 24.3 Å². The van der Waals surface area contributed by atoms with Crippen LogP contribution in [0, 0.1) is 23.2 Å². The summed E-state index contributed by atoms with van der Waals surface area (Å²) in [6.07, 6.45) is 2.26. The van der Waals surface area contributed by atoms with Crippen LogP contribution in [0.1, 0.15) is 38.5 Å². The first-order chi connectivity index (χ1) is 11.8. The quantitative estimate of drug-likeness (QED) is 0.751. The van der Waals surface area contributed by atoms with E-state index in [1.54, 1.807) is 0 Å². The Morgan fingerprint density at radius 3 is 2.00 bits per heavy atom. The molecule has 0 amide bonds. The van der Waals surface area contributed by atoms with E-state index in [0.717, 1.165) is 19.3 Å². The Hall–Kier alpha value is -1.43. The maximum Gasteiger partial charge on any atom is 0.573 e. The number of ether oxygens (including phenoxy) is 1. The predicted molar refractivity (Wildman–Crippen MR) is 94.5 cm³/mol. The average molecular weight is 390 g/mol. The molecule has 7 heteroatoms. The molecule has 0 radical (unpaired) electrons. The Balaban J connectivity index is 0.00000196. The number of halogens is 4. The van der Waals surface area contributed by atoms with Gasteiger partial charge in [0, 0.05) is 11.1 Å². The van der Waals surface area contributed by atoms with Crippen LogP contribution in [-0.4, -0.2) is 18.7 Å². The lowest BCUT2D eigenvalue weighted by atomic mass is 9.48. The summed E-state index contributed by atoms with van der Waals surface area (Å²) in [7, 11) is 0. The number of rotatable bonds is 5. The van der Waals surface area contributed by atoms with Gasteiger partial charge in [-0.05, 0) is 80.5 Å². The largest absolute Gasteiger partial charge is 0.573 e. The van der Waals surface area contributed by atoms with Crippen LogP contribution in [-0.2, 0) is 4.79 Å². The summed E-state index contributed by atoms with van der Waals surface area (Å²) in [6, 6.07) is 5.53. The van der Waals surface area contributed by atoms with E-state index in [2.05, 4.69) is 10.1 Å². The van der Waals surface area contributed by atoms with Crippen LogP contribution < -0.4 is 10.1 Å². The van der Waals surface area contributed by atoms with Gasteiger partial charge in [-0.15, -0.1) is 25.6 Å². The third-order valence-corrected chi connectivity index (χ3v) is 6.17. The summed E-state index contributed by atoms with van der Waals surface area (Å²) >= 11 is 0. The maximum absolute atomic E-state index is 12.9. The number of Topliss-reactive ketones (excluding diaryl/α,β-unsaturated/α-hetero) is 1. The molecule has 1 aromatic rings. The molecule has 4 aliphatic rings. The van der Waals surface area contributed by atoms with Crippen LogP contribution in [0.15, 0.2) is 24.3 Å². The number of benzene rings is 1. The molecule has 0 aliphatic heterocycles. The van der Waals surface area contributed by atoms with E-state index in [9.17, 15) is 18.0 Å². The number of nitrogens with one attached hydrogen (secondary N) is 1. The van der Waals surface area contributed by atoms with Gasteiger partial charge in [0.25, 0.3) is 0 Å². The van der Waals surface area contributed by atoms with Crippen molar-refractivity contribution in [3.8, 4) is 5.75 Å². The van der Waals surface area contributed by atoms with Gasteiger partial charge in [-0.2, -0.15) is 0 Å². The molecule has 4 saturated carbocycles. The second-order valence-electron chi connectivity index (χ2n) is 8.05. The molecule has 3 nitrogen and oxygen atoms in total. The first-order valence-corrected chi connectivity index (χ1v) is 8.94. The van der Waals surface area contributed by atoms with E-state index in [0.29, 0.717) is 23.4 Å². The van der Waals surface area contributed by atoms with E-state index in [1.807, 2.05) is 0 Å². The Bertz CT molecular complexity index is 624. The lowest BCUT2D eigenvalue weighted by Crippen LogP contribution is -2.51. The molecule has 26 heavy (non-hydrogen) atoms. The summed E-state index contributed by atoms with van der Waals surface area (Å²) in [5.74, 6) is 2.16. The van der Waals surface area contributed by atoms with Crippen molar-refractivity contribution in [2.24, 2.45) is 23.2 Å². The third kappa shape index (κ3) is 3.95. The molecule has 1 aromatic carbocycles. The van der Waals surface area contributed by atoms with Crippen molar-refractivity contribution < 1.29 is 22.7 Å². The highest BCUT2D eigenvalue weighted by Gasteiger charge is 2.54. The Morgan fingerprint density at radius 1 is 1.04 bits per heavy atom. The number of hydrogen-bond acceptors (Lipinski definition) is 3. The van der Waals surface area contributed by atoms with Gasteiger partial charge in [-0.1, -0.05) is 0 Å². The normalized spacial score (nSPS) is 32.0. The van der Waals surface area contributed by atoms with Gasteiger partial charge < -0.3 is 10.1 Å². The van der Waals surface area contributed by atoms with Crippen LogP contribution in [0.25, 0.3) is 0 Å². The zero-order chi connectivity index (χ0) is 17.7. The van der Waals surface area contributed by atoms with Crippen molar-refractivity contribution in [2.75, 3.05) is 11.9 Å². The van der Waals surface area contributed by atoms with Gasteiger partial charge in [0.1, 0.15) is 5.75 Å². The molecule has 4 aliphatic carbocycles. The van der Waals surface area contributed by atoms with Gasteiger partial charge >= 0.3 is 6.36 Å². The molecule has 144 valence electrons. The molecular formula is C19H23ClF3NO2. The second-order valence-corrected chi connectivity index (χ2v) is 8.05. The fraction of sp³-hybridized carbons (Fsp3) is 0.632. The van der Waals surface area contributed by atoms with Gasteiger partial charge in [0.05, 0.1) is 6.54 Å². The average Bonchev–Trinajstić information content (AvgIpc) is 2.51. The summed E-state index contributed by atoms with van der Waals surface area (Å²) in [5.41, 5.74) is 0.480. The molecular weight excluding hydrogens is 367 g/mol. The van der Waals surface area contributed by atoms with Crippen molar-refractivity contribution in [3.63, 3.8) is 0 Å². The van der Waals surface area contributed by atoms with Gasteiger partial charge in [0.15, 0.2) is 5.78 Å². The number of alkyl halides is 3. The van der Waals surface area contributed by atoms with Crippen LogP contribution in [0.3, 0.4) is 0 Å². The number of ketones is 1. The van der Waals surface area contributed by atoms with Crippen molar-refractivity contribution in [2.45, 2.75) is 44.9 Å². The summed E-state index contributed by atoms with van der Waals surface area (Å²) in [5, 5.41) is 3.07. The maximum atomic E-state index is 12.9. The number of hydrogen-bond donors (Lipinski definition) is 1. The highest BCUT2D eigenvalue weighted by Crippen LogP contribution is 2.60. The van der Waals surface area contributed by atoms with Crippen LogP contribution >= 0.6 is 12.4 Å². The standard InChI is InChI=1S/C19H22F3NO2.ClH/c20-19(21,22)25-16-3-1-15(2-4-16)23-11-17(24)18-8-12-5-13(9-18)7-14(6-12)10-18;/h1-4,12-14,23H,5-11H2;1H. The molecule has 1 N–H and O–H groups in total. The zero-order valence-electron chi connectivity index (χ0n) is 14.3. The highest BCUT2D eigenvalue weighted by atomic mass is 35.5. The first kappa shape index (κ1) is 19.3. The fourth-order valence-electron chi connectivity index (χ4n) is 5.60. The number of carbonyl (C=O) groups is 1. The molecule has 0 saturated heterocycles.